The average molecular weight is 257 g/mol. The Bertz CT molecular complexity index is 461. The highest BCUT2D eigenvalue weighted by molar-refractivity contribution is 5.19. The molecule has 0 saturated carbocycles. The summed E-state index contributed by atoms with van der Waals surface area (Å²) < 4.78 is 5.47. The van der Waals surface area contributed by atoms with Gasteiger partial charge in [-0.25, -0.2) is 0 Å². The summed E-state index contributed by atoms with van der Waals surface area (Å²) in [6.07, 6.45) is 2.85. The second-order valence-corrected chi connectivity index (χ2v) is 5.50. The lowest BCUT2D eigenvalue weighted by Crippen LogP contribution is -2.25. The Balaban J connectivity index is 2.10. The van der Waals surface area contributed by atoms with E-state index in [1.807, 2.05) is 12.1 Å². The van der Waals surface area contributed by atoms with E-state index in [1.165, 1.54) is 5.56 Å². The Morgan fingerprint density at radius 3 is 2.32 bits per heavy atom. The van der Waals surface area contributed by atoms with Crippen LogP contribution in [0.4, 0.5) is 0 Å². The molecule has 1 aromatic heterocycles. The van der Waals surface area contributed by atoms with Crippen molar-refractivity contribution in [2.75, 3.05) is 0 Å². The van der Waals surface area contributed by atoms with Crippen LogP contribution in [0.15, 0.2) is 53.1 Å². The first kappa shape index (κ1) is 13.9. The van der Waals surface area contributed by atoms with Crippen LogP contribution in [0.3, 0.4) is 0 Å². The molecule has 2 atom stereocenters. The third-order valence-electron chi connectivity index (χ3n) is 3.33. The van der Waals surface area contributed by atoms with Crippen molar-refractivity contribution in [3.63, 3.8) is 0 Å². The van der Waals surface area contributed by atoms with Crippen molar-refractivity contribution in [1.82, 2.24) is 5.32 Å². The third kappa shape index (κ3) is 3.97. The van der Waals surface area contributed by atoms with Gasteiger partial charge < -0.3 is 9.73 Å². The van der Waals surface area contributed by atoms with Gasteiger partial charge in [-0.3, -0.25) is 0 Å². The maximum atomic E-state index is 5.47. The lowest BCUT2D eigenvalue weighted by molar-refractivity contribution is 0.356. The number of furan rings is 1. The molecule has 2 aromatic rings. The minimum atomic E-state index is 0.221. The molecule has 19 heavy (non-hydrogen) atoms. The normalized spacial score (nSPS) is 14.5. The quantitative estimate of drug-likeness (QED) is 0.810. The van der Waals surface area contributed by atoms with Gasteiger partial charge >= 0.3 is 0 Å². The van der Waals surface area contributed by atoms with Crippen molar-refractivity contribution < 1.29 is 4.42 Å². The van der Waals surface area contributed by atoms with Gasteiger partial charge in [0, 0.05) is 6.04 Å². The highest BCUT2D eigenvalue weighted by Gasteiger charge is 2.17. The molecule has 0 aliphatic heterocycles. The van der Waals surface area contributed by atoms with Crippen LogP contribution in [0.5, 0.6) is 0 Å². The molecule has 0 aliphatic rings. The van der Waals surface area contributed by atoms with E-state index in [-0.39, 0.29) is 6.04 Å². The van der Waals surface area contributed by atoms with E-state index in [9.17, 15) is 0 Å². The third-order valence-corrected chi connectivity index (χ3v) is 3.33. The van der Waals surface area contributed by atoms with E-state index in [4.69, 9.17) is 4.42 Å². The highest BCUT2D eigenvalue weighted by atomic mass is 16.3. The van der Waals surface area contributed by atoms with Gasteiger partial charge in [0.25, 0.3) is 0 Å². The van der Waals surface area contributed by atoms with Crippen molar-refractivity contribution in [2.45, 2.75) is 39.3 Å². The fourth-order valence-electron chi connectivity index (χ4n) is 2.38. The van der Waals surface area contributed by atoms with E-state index >= 15 is 0 Å². The van der Waals surface area contributed by atoms with Gasteiger partial charge in [-0.15, -0.1) is 0 Å². The first-order chi connectivity index (χ1) is 9.16. The van der Waals surface area contributed by atoms with Crippen molar-refractivity contribution in [2.24, 2.45) is 5.92 Å². The minimum absolute atomic E-state index is 0.221. The lowest BCUT2D eigenvalue weighted by Gasteiger charge is -2.24. The first-order valence-electron chi connectivity index (χ1n) is 7.01. The van der Waals surface area contributed by atoms with Crippen LogP contribution in [-0.2, 0) is 0 Å². The molecule has 1 N–H and O–H groups in total. The summed E-state index contributed by atoms with van der Waals surface area (Å²) in [5, 5.41) is 3.67. The molecular formula is C17H23NO. The predicted molar refractivity (Wildman–Crippen MR) is 78.9 cm³/mol. The number of rotatable bonds is 6. The molecule has 2 heteroatoms. The zero-order valence-electron chi connectivity index (χ0n) is 12.0. The number of hydrogen-bond acceptors (Lipinski definition) is 2. The maximum absolute atomic E-state index is 5.47. The van der Waals surface area contributed by atoms with Crippen LogP contribution >= 0.6 is 0 Å². The summed E-state index contributed by atoms with van der Waals surface area (Å²) in [6.45, 7) is 6.67. The van der Waals surface area contributed by atoms with Gasteiger partial charge in [-0.2, -0.15) is 0 Å². The summed E-state index contributed by atoms with van der Waals surface area (Å²) >= 11 is 0. The maximum Gasteiger partial charge on any atom is 0.120 e. The Morgan fingerprint density at radius 1 is 1.00 bits per heavy atom. The Labute approximate surface area is 115 Å². The van der Waals surface area contributed by atoms with Crippen LogP contribution < -0.4 is 5.32 Å². The fraction of sp³-hybridized carbons (Fsp3) is 0.412. The monoisotopic (exact) mass is 257 g/mol. The van der Waals surface area contributed by atoms with Gasteiger partial charge in [0.05, 0.1) is 12.3 Å². The van der Waals surface area contributed by atoms with Crippen LogP contribution in [0.2, 0.25) is 0 Å². The summed E-state index contributed by atoms with van der Waals surface area (Å²) in [4.78, 5) is 0. The molecule has 2 nitrogen and oxygen atoms in total. The summed E-state index contributed by atoms with van der Waals surface area (Å²) in [5.74, 6) is 1.64. The average Bonchev–Trinajstić information content (AvgIpc) is 2.92. The SMILES string of the molecule is CC(C)CC(N[C@H](C)c1ccco1)c1ccccc1. The smallest absolute Gasteiger partial charge is 0.120 e. The second kappa shape index (κ2) is 6.58. The lowest BCUT2D eigenvalue weighted by atomic mass is 9.96. The van der Waals surface area contributed by atoms with Crippen LogP contribution in [0.1, 0.15) is 50.6 Å². The van der Waals surface area contributed by atoms with Crippen LogP contribution in [0.25, 0.3) is 0 Å². The summed E-state index contributed by atoms with van der Waals surface area (Å²) in [6, 6.07) is 15.2. The van der Waals surface area contributed by atoms with Crippen LogP contribution in [0, 0.1) is 5.92 Å². The Kier molecular flexibility index (Phi) is 4.80. The number of benzene rings is 1. The zero-order chi connectivity index (χ0) is 13.7. The van der Waals surface area contributed by atoms with Gasteiger partial charge in [0.1, 0.15) is 5.76 Å². The highest BCUT2D eigenvalue weighted by Crippen LogP contribution is 2.25. The predicted octanol–water partition coefficient (Wildman–Crippen LogP) is 4.72. The molecule has 2 rings (SSSR count). The standard InChI is InChI=1S/C17H23NO/c1-13(2)12-16(15-8-5-4-6-9-15)18-14(3)17-10-7-11-19-17/h4-11,13-14,16,18H,12H2,1-3H3/t14-,16?/m1/s1. The van der Waals surface area contributed by atoms with Gasteiger partial charge in [-0.05, 0) is 37.0 Å². The molecular weight excluding hydrogens is 234 g/mol. The summed E-state index contributed by atoms with van der Waals surface area (Å²) in [5.41, 5.74) is 1.34. The molecule has 0 amide bonds. The minimum Gasteiger partial charge on any atom is -0.468 e. The molecule has 1 heterocycles. The molecule has 102 valence electrons. The first-order valence-corrected chi connectivity index (χ1v) is 7.01. The molecule has 0 aliphatic carbocycles. The van der Waals surface area contributed by atoms with Crippen LogP contribution in [-0.4, -0.2) is 0 Å². The van der Waals surface area contributed by atoms with E-state index in [0.717, 1.165) is 12.2 Å². The van der Waals surface area contributed by atoms with Crippen molar-refractivity contribution in [3.05, 3.63) is 60.1 Å². The van der Waals surface area contributed by atoms with Gasteiger partial charge in [0.2, 0.25) is 0 Å². The van der Waals surface area contributed by atoms with E-state index in [2.05, 4.69) is 56.4 Å². The fourth-order valence-corrected chi connectivity index (χ4v) is 2.38. The zero-order valence-corrected chi connectivity index (χ0v) is 12.0. The molecule has 0 spiro atoms. The van der Waals surface area contributed by atoms with E-state index in [0.29, 0.717) is 12.0 Å². The number of nitrogens with one attached hydrogen (secondary N) is 1. The molecule has 0 saturated heterocycles. The van der Waals surface area contributed by atoms with E-state index in [1.54, 1.807) is 6.26 Å². The number of hydrogen-bond donors (Lipinski definition) is 1. The topological polar surface area (TPSA) is 25.2 Å². The Morgan fingerprint density at radius 2 is 1.74 bits per heavy atom. The van der Waals surface area contributed by atoms with E-state index < -0.39 is 0 Å². The molecule has 1 unspecified atom stereocenters. The van der Waals surface area contributed by atoms with Crippen molar-refractivity contribution in [1.29, 1.82) is 0 Å². The molecule has 0 radical (unpaired) electrons. The second-order valence-electron chi connectivity index (χ2n) is 5.50. The molecule has 0 fully saturated rings. The van der Waals surface area contributed by atoms with Crippen molar-refractivity contribution >= 4 is 0 Å². The van der Waals surface area contributed by atoms with Gasteiger partial charge in [0.15, 0.2) is 0 Å². The largest absolute Gasteiger partial charge is 0.468 e. The Hall–Kier alpha value is -1.54. The summed E-state index contributed by atoms with van der Waals surface area (Å²) in [7, 11) is 0. The molecule has 1 aromatic carbocycles. The van der Waals surface area contributed by atoms with Gasteiger partial charge in [-0.1, -0.05) is 44.2 Å². The molecule has 0 bridgehead atoms. The van der Waals surface area contributed by atoms with Crippen molar-refractivity contribution in [3.8, 4) is 0 Å².